The van der Waals surface area contributed by atoms with E-state index in [9.17, 15) is 8.42 Å². The van der Waals surface area contributed by atoms with E-state index in [-0.39, 0.29) is 21.8 Å². The molecule has 4 nitrogen and oxygen atoms in total. The number of anilines is 1. The minimum absolute atomic E-state index is 0.0490. The lowest BCUT2D eigenvalue weighted by Gasteiger charge is -2.14. The fraction of sp³-hybridized carbons (Fsp3) is 0.600. The fourth-order valence-electron chi connectivity index (χ4n) is 2.87. The maximum Gasteiger partial charge on any atom is 0.243 e. The molecular weight excluding hydrogens is 272 g/mol. The quantitative estimate of drug-likeness (QED) is 0.842. The average Bonchev–Trinajstić information content (AvgIpc) is 2.66. The van der Waals surface area contributed by atoms with E-state index in [1.165, 1.54) is 0 Å². The van der Waals surface area contributed by atoms with Crippen LogP contribution in [0.5, 0.6) is 0 Å². The normalized spacial score (nSPS) is 20.9. The Morgan fingerprint density at radius 3 is 2.05 bits per heavy atom. The summed E-state index contributed by atoms with van der Waals surface area (Å²) < 4.78 is 28.2. The minimum Gasteiger partial charge on any atom is -0.398 e. The molecule has 20 heavy (non-hydrogen) atoms. The highest BCUT2D eigenvalue weighted by molar-refractivity contribution is 7.89. The van der Waals surface area contributed by atoms with Gasteiger partial charge in [-0.2, -0.15) is 0 Å². The lowest BCUT2D eigenvalue weighted by atomic mass is 10.0. The van der Waals surface area contributed by atoms with Gasteiger partial charge in [-0.05, 0) is 41.9 Å². The summed E-state index contributed by atoms with van der Waals surface area (Å²) in [6.07, 6.45) is 0. The van der Waals surface area contributed by atoms with E-state index < -0.39 is 10.0 Å². The lowest BCUT2D eigenvalue weighted by molar-refractivity contribution is 0.457. The standard InChI is InChI=1S/C15H24N2O2S/c1-9-7-8-11(16)12(10(9)2)20(18,19)17-13-14(3,4)15(13,5)6/h7-8,13,17H,16H2,1-6H3. The molecule has 112 valence electrons. The molecule has 0 saturated heterocycles. The van der Waals surface area contributed by atoms with Crippen molar-refractivity contribution in [2.45, 2.75) is 52.5 Å². The van der Waals surface area contributed by atoms with Crippen LogP contribution in [0.4, 0.5) is 5.69 Å². The van der Waals surface area contributed by atoms with Crippen molar-refractivity contribution in [3.05, 3.63) is 23.3 Å². The zero-order valence-corrected chi connectivity index (χ0v) is 13.9. The van der Waals surface area contributed by atoms with Crippen molar-refractivity contribution < 1.29 is 8.42 Å². The molecule has 1 saturated carbocycles. The third-order valence-electron chi connectivity index (χ3n) is 5.27. The Hall–Kier alpha value is -1.07. The summed E-state index contributed by atoms with van der Waals surface area (Å²) in [5.74, 6) is 0. The van der Waals surface area contributed by atoms with Crippen molar-refractivity contribution in [3.8, 4) is 0 Å². The molecule has 1 aromatic rings. The Kier molecular flexibility index (Phi) is 3.23. The summed E-state index contributed by atoms with van der Waals surface area (Å²) in [6.45, 7) is 12.0. The molecular formula is C15H24N2O2S. The van der Waals surface area contributed by atoms with Gasteiger partial charge < -0.3 is 5.73 Å². The molecule has 0 amide bonds. The maximum absolute atomic E-state index is 12.7. The SMILES string of the molecule is Cc1ccc(N)c(S(=O)(=O)NC2C(C)(C)C2(C)C)c1C. The number of rotatable bonds is 3. The van der Waals surface area contributed by atoms with Crippen molar-refractivity contribution in [3.63, 3.8) is 0 Å². The minimum atomic E-state index is -3.60. The first kappa shape index (κ1) is 15.3. The van der Waals surface area contributed by atoms with Crippen molar-refractivity contribution in [2.24, 2.45) is 10.8 Å². The van der Waals surface area contributed by atoms with Gasteiger partial charge in [0.2, 0.25) is 10.0 Å². The summed E-state index contributed by atoms with van der Waals surface area (Å²) in [7, 11) is -3.60. The van der Waals surface area contributed by atoms with Gasteiger partial charge in [0.1, 0.15) is 4.90 Å². The Morgan fingerprint density at radius 2 is 1.60 bits per heavy atom. The summed E-state index contributed by atoms with van der Waals surface area (Å²) in [6, 6.07) is 3.42. The van der Waals surface area contributed by atoms with E-state index in [4.69, 9.17) is 5.73 Å². The molecule has 1 aromatic carbocycles. The fourth-order valence-corrected chi connectivity index (χ4v) is 4.83. The Morgan fingerprint density at radius 1 is 1.10 bits per heavy atom. The molecule has 1 aliphatic carbocycles. The summed E-state index contributed by atoms with van der Waals surface area (Å²) in [5.41, 5.74) is 7.73. The van der Waals surface area contributed by atoms with Crippen LogP contribution >= 0.6 is 0 Å². The molecule has 0 bridgehead atoms. The van der Waals surface area contributed by atoms with Gasteiger partial charge in [-0.15, -0.1) is 0 Å². The second-order valence-electron chi connectivity index (χ2n) is 6.92. The van der Waals surface area contributed by atoms with E-state index in [0.717, 1.165) is 5.56 Å². The van der Waals surface area contributed by atoms with E-state index in [0.29, 0.717) is 11.3 Å². The monoisotopic (exact) mass is 296 g/mol. The molecule has 0 unspecified atom stereocenters. The Balaban J connectivity index is 2.42. The van der Waals surface area contributed by atoms with Crippen LogP contribution in [0.15, 0.2) is 17.0 Å². The van der Waals surface area contributed by atoms with Gasteiger partial charge in [0.15, 0.2) is 0 Å². The molecule has 0 aromatic heterocycles. The van der Waals surface area contributed by atoms with Gasteiger partial charge >= 0.3 is 0 Å². The van der Waals surface area contributed by atoms with Gasteiger partial charge in [-0.25, -0.2) is 13.1 Å². The third kappa shape index (κ3) is 2.04. The first-order valence-electron chi connectivity index (χ1n) is 6.81. The van der Waals surface area contributed by atoms with Gasteiger partial charge in [0, 0.05) is 6.04 Å². The van der Waals surface area contributed by atoms with Gasteiger partial charge in [-0.1, -0.05) is 33.8 Å². The number of benzene rings is 1. The second-order valence-corrected chi connectivity index (χ2v) is 8.57. The van der Waals surface area contributed by atoms with Gasteiger partial charge in [-0.3, -0.25) is 0 Å². The molecule has 5 heteroatoms. The average molecular weight is 296 g/mol. The largest absolute Gasteiger partial charge is 0.398 e. The summed E-state index contributed by atoms with van der Waals surface area (Å²) >= 11 is 0. The van der Waals surface area contributed by atoms with Crippen LogP contribution < -0.4 is 10.5 Å². The number of nitrogen functional groups attached to an aromatic ring is 1. The van der Waals surface area contributed by atoms with Crippen LogP contribution in [0.1, 0.15) is 38.8 Å². The molecule has 3 N–H and O–H groups in total. The number of hydrogen-bond acceptors (Lipinski definition) is 3. The van der Waals surface area contributed by atoms with Crippen molar-refractivity contribution in [1.29, 1.82) is 0 Å². The van der Waals surface area contributed by atoms with Crippen LogP contribution in [0.3, 0.4) is 0 Å². The molecule has 0 spiro atoms. The maximum atomic E-state index is 12.7. The highest BCUT2D eigenvalue weighted by atomic mass is 32.2. The summed E-state index contributed by atoms with van der Waals surface area (Å²) in [4.78, 5) is 0.219. The number of aryl methyl sites for hydroxylation is 1. The molecule has 1 fully saturated rings. The van der Waals surface area contributed by atoms with Crippen LogP contribution in [0.25, 0.3) is 0 Å². The van der Waals surface area contributed by atoms with Crippen molar-refractivity contribution >= 4 is 15.7 Å². The third-order valence-corrected chi connectivity index (χ3v) is 6.89. The van der Waals surface area contributed by atoms with E-state index in [1.54, 1.807) is 13.0 Å². The van der Waals surface area contributed by atoms with Gasteiger partial charge in [0.05, 0.1) is 5.69 Å². The zero-order chi connectivity index (χ0) is 15.5. The first-order chi connectivity index (χ1) is 8.93. The lowest BCUT2D eigenvalue weighted by Crippen LogP contribution is -2.31. The van der Waals surface area contributed by atoms with Crippen LogP contribution in [0.2, 0.25) is 0 Å². The van der Waals surface area contributed by atoms with Crippen LogP contribution in [0, 0.1) is 24.7 Å². The number of nitrogens with one attached hydrogen (secondary N) is 1. The molecule has 2 rings (SSSR count). The molecule has 0 radical (unpaired) electrons. The van der Waals surface area contributed by atoms with Crippen molar-refractivity contribution in [2.75, 3.05) is 5.73 Å². The number of sulfonamides is 1. The molecule has 0 atom stereocenters. The second kappa shape index (κ2) is 4.21. The van der Waals surface area contributed by atoms with Crippen LogP contribution in [-0.2, 0) is 10.0 Å². The van der Waals surface area contributed by atoms with E-state index >= 15 is 0 Å². The number of hydrogen-bond donors (Lipinski definition) is 2. The molecule has 0 aliphatic heterocycles. The van der Waals surface area contributed by atoms with E-state index in [2.05, 4.69) is 32.4 Å². The van der Waals surface area contributed by atoms with Gasteiger partial charge in [0.25, 0.3) is 0 Å². The topological polar surface area (TPSA) is 72.2 Å². The molecule has 0 heterocycles. The highest BCUT2D eigenvalue weighted by Crippen LogP contribution is 2.63. The summed E-state index contributed by atoms with van der Waals surface area (Å²) in [5, 5.41) is 0. The van der Waals surface area contributed by atoms with Crippen LogP contribution in [-0.4, -0.2) is 14.5 Å². The highest BCUT2D eigenvalue weighted by Gasteiger charge is 2.66. The molecule has 1 aliphatic rings. The number of nitrogens with two attached hydrogens (primary N) is 1. The Bertz CT molecular complexity index is 647. The Labute approximate surface area is 121 Å². The zero-order valence-electron chi connectivity index (χ0n) is 13.0. The predicted molar refractivity (Wildman–Crippen MR) is 82.0 cm³/mol. The predicted octanol–water partition coefficient (Wildman–Crippen LogP) is 2.60. The first-order valence-corrected chi connectivity index (χ1v) is 8.29. The van der Waals surface area contributed by atoms with Crippen molar-refractivity contribution in [1.82, 2.24) is 4.72 Å². The van der Waals surface area contributed by atoms with E-state index in [1.807, 2.05) is 13.0 Å². The smallest absolute Gasteiger partial charge is 0.243 e.